The highest BCUT2D eigenvalue weighted by Crippen LogP contribution is 2.28. The molecular weight excluding hydrogens is 224 g/mol. The van der Waals surface area contributed by atoms with Gasteiger partial charge < -0.3 is 9.84 Å². The Hall–Kier alpha value is -1.40. The summed E-state index contributed by atoms with van der Waals surface area (Å²) in [6.45, 7) is 3.54. The topological polar surface area (TPSA) is 84.3 Å². The van der Waals surface area contributed by atoms with Crippen molar-refractivity contribution in [2.24, 2.45) is 0 Å². The number of aliphatic hydroxyl groups excluding tert-OH is 1. The quantitative estimate of drug-likeness (QED) is 0.756. The summed E-state index contributed by atoms with van der Waals surface area (Å²) in [7, 11) is 0. The molecule has 2 rings (SSSR count). The lowest BCUT2D eigenvalue weighted by molar-refractivity contribution is -0.0218. The van der Waals surface area contributed by atoms with Crippen molar-refractivity contribution in [3.05, 3.63) is 32.6 Å². The summed E-state index contributed by atoms with van der Waals surface area (Å²) >= 11 is 0. The molecule has 1 aromatic heterocycles. The third-order valence-corrected chi connectivity index (χ3v) is 3.06. The fourth-order valence-electron chi connectivity index (χ4n) is 2.05. The first-order valence-corrected chi connectivity index (χ1v) is 5.68. The molecule has 6 nitrogen and oxygen atoms in total. The highest BCUT2D eigenvalue weighted by molar-refractivity contribution is 5.01. The van der Waals surface area contributed by atoms with Crippen molar-refractivity contribution in [3.8, 4) is 0 Å². The van der Waals surface area contributed by atoms with Gasteiger partial charge in [-0.25, -0.2) is 4.79 Å². The van der Waals surface area contributed by atoms with E-state index < -0.39 is 23.6 Å². The molecule has 0 saturated carbocycles. The normalized spacial score (nSPS) is 28.5. The molecule has 0 spiro atoms. The van der Waals surface area contributed by atoms with E-state index in [-0.39, 0.29) is 6.10 Å². The Kier molecular flexibility index (Phi) is 3.17. The first-order chi connectivity index (χ1) is 8.02. The molecule has 1 saturated heterocycles. The third kappa shape index (κ3) is 2.18. The van der Waals surface area contributed by atoms with Gasteiger partial charge >= 0.3 is 5.69 Å². The molecule has 0 aromatic carbocycles. The second-order valence-corrected chi connectivity index (χ2v) is 4.32. The molecule has 0 bridgehead atoms. The summed E-state index contributed by atoms with van der Waals surface area (Å²) in [5.74, 6) is 0. The SMILES string of the molecule is CC[C@@H]1O[C@H](n2cc(C)c(=O)[nH]c2=O)CC1O. The van der Waals surface area contributed by atoms with Gasteiger partial charge in [0.05, 0.1) is 12.2 Å². The average Bonchev–Trinajstić information content (AvgIpc) is 2.65. The zero-order chi connectivity index (χ0) is 12.6. The number of hydrogen-bond acceptors (Lipinski definition) is 4. The number of aromatic nitrogens is 2. The van der Waals surface area contributed by atoms with E-state index in [0.29, 0.717) is 18.4 Å². The van der Waals surface area contributed by atoms with E-state index in [0.717, 1.165) is 0 Å². The van der Waals surface area contributed by atoms with Gasteiger partial charge in [-0.15, -0.1) is 0 Å². The van der Waals surface area contributed by atoms with Crippen LogP contribution in [-0.4, -0.2) is 26.9 Å². The van der Waals surface area contributed by atoms with E-state index in [1.807, 2.05) is 6.92 Å². The number of aromatic amines is 1. The average molecular weight is 240 g/mol. The van der Waals surface area contributed by atoms with Gasteiger partial charge in [0.25, 0.3) is 5.56 Å². The number of nitrogens with zero attached hydrogens (tertiary/aromatic N) is 1. The van der Waals surface area contributed by atoms with Crippen LogP contribution in [0, 0.1) is 6.92 Å². The smallest absolute Gasteiger partial charge is 0.330 e. The minimum Gasteiger partial charge on any atom is -0.390 e. The minimum absolute atomic E-state index is 0.251. The van der Waals surface area contributed by atoms with Crippen LogP contribution in [0.5, 0.6) is 0 Å². The lowest BCUT2D eigenvalue weighted by atomic mass is 10.1. The number of rotatable bonds is 2. The number of nitrogens with one attached hydrogen (secondary N) is 1. The number of H-pyrrole nitrogens is 1. The van der Waals surface area contributed by atoms with E-state index >= 15 is 0 Å². The molecule has 94 valence electrons. The van der Waals surface area contributed by atoms with Crippen molar-refractivity contribution in [2.45, 2.75) is 45.1 Å². The number of aliphatic hydroxyl groups is 1. The lowest BCUT2D eigenvalue weighted by Crippen LogP contribution is -2.33. The highest BCUT2D eigenvalue weighted by Gasteiger charge is 2.34. The maximum absolute atomic E-state index is 11.6. The van der Waals surface area contributed by atoms with Gasteiger partial charge in [0.15, 0.2) is 0 Å². The molecule has 3 atom stereocenters. The van der Waals surface area contributed by atoms with E-state index in [1.54, 1.807) is 6.92 Å². The fraction of sp³-hybridized carbons (Fsp3) is 0.636. The lowest BCUT2D eigenvalue weighted by Gasteiger charge is -2.14. The zero-order valence-electron chi connectivity index (χ0n) is 9.84. The summed E-state index contributed by atoms with van der Waals surface area (Å²) < 4.78 is 6.90. The maximum Gasteiger partial charge on any atom is 0.330 e. The highest BCUT2D eigenvalue weighted by atomic mass is 16.5. The Balaban J connectivity index is 2.34. The molecule has 1 aromatic rings. The Bertz CT molecular complexity index is 519. The number of aryl methyl sites for hydroxylation is 1. The van der Waals surface area contributed by atoms with Crippen molar-refractivity contribution >= 4 is 0 Å². The first-order valence-electron chi connectivity index (χ1n) is 5.68. The van der Waals surface area contributed by atoms with Gasteiger partial charge in [0.1, 0.15) is 6.23 Å². The van der Waals surface area contributed by atoms with Gasteiger partial charge in [-0.3, -0.25) is 14.3 Å². The molecule has 0 aliphatic carbocycles. The Morgan fingerprint density at radius 1 is 1.59 bits per heavy atom. The van der Waals surface area contributed by atoms with Crippen molar-refractivity contribution in [1.29, 1.82) is 0 Å². The summed E-state index contributed by atoms with van der Waals surface area (Å²) in [6, 6.07) is 0. The number of hydrogen-bond donors (Lipinski definition) is 2. The molecule has 0 radical (unpaired) electrons. The predicted octanol–water partition coefficient (Wildman–Crippen LogP) is -0.0966. The van der Waals surface area contributed by atoms with Crippen molar-refractivity contribution in [1.82, 2.24) is 9.55 Å². The van der Waals surface area contributed by atoms with Crippen LogP contribution in [0.1, 0.15) is 31.6 Å². The van der Waals surface area contributed by atoms with Gasteiger partial charge in [-0.2, -0.15) is 0 Å². The maximum atomic E-state index is 11.6. The zero-order valence-corrected chi connectivity index (χ0v) is 9.84. The molecular formula is C11H16N2O4. The van der Waals surface area contributed by atoms with Crippen molar-refractivity contribution < 1.29 is 9.84 Å². The summed E-state index contributed by atoms with van der Waals surface area (Å²) in [5.41, 5.74) is -0.450. The largest absolute Gasteiger partial charge is 0.390 e. The number of ether oxygens (including phenoxy) is 1. The molecule has 17 heavy (non-hydrogen) atoms. The van der Waals surface area contributed by atoms with E-state index in [2.05, 4.69) is 4.98 Å². The van der Waals surface area contributed by atoms with E-state index in [9.17, 15) is 14.7 Å². The Morgan fingerprint density at radius 2 is 2.29 bits per heavy atom. The van der Waals surface area contributed by atoms with E-state index in [4.69, 9.17) is 4.74 Å². The summed E-state index contributed by atoms with van der Waals surface area (Å²) in [6.07, 6.45) is 1.20. The molecule has 1 aliphatic rings. The van der Waals surface area contributed by atoms with Crippen molar-refractivity contribution in [2.75, 3.05) is 0 Å². The molecule has 1 fully saturated rings. The van der Waals surface area contributed by atoms with Crippen LogP contribution in [0.2, 0.25) is 0 Å². The first kappa shape index (κ1) is 12.1. The predicted molar refractivity (Wildman–Crippen MR) is 60.9 cm³/mol. The van der Waals surface area contributed by atoms with E-state index in [1.165, 1.54) is 10.8 Å². The molecule has 6 heteroatoms. The molecule has 0 amide bonds. The second-order valence-electron chi connectivity index (χ2n) is 4.32. The molecule has 2 heterocycles. The second kappa shape index (κ2) is 4.46. The van der Waals surface area contributed by atoms with Gasteiger partial charge in [0, 0.05) is 18.2 Å². The van der Waals surface area contributed by atoms with Crippen LogP contribution >= 0.6 is 0 Å². The monoisotopic (exact) mass is 240 g/mol. The van der Waals surface area contributed by atoms with Gasteiger partial charge in [0.2, 0.25) is 0 Å². The molecule has 2 N–H and O–H groups in total. The van der Waals surface area contributed by atoms with Crippen LogP contribution in [0.15, 0.2) is 15.8 Å². The molecule has 1 aliphatic heterocycles. The molecule has 1 unspecified atom stereocenters. The van der Waals surface area contributed by atoms with Crippen LogP contribution in [0.3, 0.4) is 0 Å². The summed E-state index contributed by atoms with van der Waals surface area (Å²) in [5, 5.41) is 9.72. The van der Waals surface area contributed by atoms with Crippen LogP contribution in [0.4, 0.5) is 0 Å². The fourth-order valence-corrected chi connectivity index (χ4v) is 2.05. The van der Waals surface area contributed by atoms with Crippen LogP contribution < -0.4 is 11.2 Å². The third-order valence-electron chi connectivity index (χ3n) is 3.06. The minimum atomic E-state index is -0.566. The van der Waals surface area contributed by atoms with Crippen molar-refractivity contribution in [3.63, 3.8) is 0 Å². The standard InChI is InChI=1S/C11H16N2O4/c1-3-8-7(14)4-9(17-8)13-5-6(2)10(15)12-11(13)16/h5,7-9,14H,3-4H2,1-2H3,(H,12,15,16)/t7?,8-,9-/m0/s1. The van der Waals surface area contributed by atoms with Gasteiger partial charge in [-0.05, 0) is 13.3 Å². The van der Waals surface area contributed by atoms with Crippen LogP contribution in [0.25, 0.3) is 0 Å². The Labute approximate surface area is 97.9 Å². The Morgan fingerprint density at radius 3 is 2.88 bits per heavy atom. The van der Waals surface area contributed by atoms with Gasteiger partial charge in [-0.1, -0.05) is 6.92 Å². The summed E-state index contributed by atoms with van der Waals surface area (Å²) in [4.78, 5) is 25.1. The van der Waals surface area contributed by atoms with Crippen LogP contribution in [-0.2, 0) is 4.74 Å².